The van der Waals surface area contributed by atoms with Crippen LogP contribution in [0.15, 0.2) is 82.4 Å². The zero-order valence-electron chi connectivity index (χ0n) is 16.4. The first kappa shape index (κ1) is 19.3. The van der Waals surface area contributed by atoms with E-state index >= 15 is 0 Å². The summed E-state index contributed by atoms with van der Waals surface area (Å²) in [6.07, 6.45) is 3.12. The lowest BCUT2D eigenvalue weighted by Crippen LogP contribution is -2.15. The molecule has 2 aromatic carbocycles. The first-order valence-electron chi connectivity index (χ1n) is 9.20. The highest BCUT2D eigenvalue weighted by Gasteiger charge is 2.25. The molecule has 4 aromatic rings. The molecule has 0 aliphatic rings. The number of anilines is 1. The average Bonchev–Trinajstić information content (AvgIpc) is 3.11. The number of aromatic nitrogens is 2. The van der Waals surface area contributed by atoms with Gasteiger partial charge in [0.1, 0.15) is 11.5 Å². The summed E-state index contributed by atoms with van der Waals surface area (Å²) in [4.78, 5) is 31.9. The number of halogens is 1. The highest BCUT2D eigenvalue weighted by Crippen LogP contribution is 2.31. The summed E-state index contributed by atoms with van der Waals surface area (Å²) in [5.41, 5.74) is 2.00. The molecule has 0 amide bonds. The minimum atomic E-state index is -0.689. The second-order valence-corrected chi connectivity index (χ2v) is 6.89. The highest BCUT2D eigenvalue weighted by atomic mass is 19.1. The third-order valence-corrected chi connectivity index (χ3v) is 4.70. The highest BCUT2D eigenvalue weighted by molar-refractivity contribution is 6.00. The van der Waals surface area contributed by atoms with Crippen LogP contribution in [0.5, 0.6) is 0 Å². The number of hydrogen-bond donors (Lipinski definition) is 0. The molecule has 0 spiro atoms. The predicted octanol–water partition coefficient (Wildman–Crippen LogP) is 4.06. The average molecular weight is 403 g/mol. The summed E-state index contributed by atoms with van der Waals surface area (Å²) in [7, 11) is 3.74. The van der Waals surface area contributed by atoms with Crippen molar-refractivity contribution in [1.29, 1.82) is 0 Å². The Morgan fingerprint density at radius 2 is 1.70 bits per heavy atom. The van der Waals surface area contributed by atoms with E-state index in [4.69, 9.17) is 4.52 Å². The lowest BCUT2D eigenvalue weighted by molar-refractivity contribution is 0.0843. The van der Waals surface area contributed by atoms with Crippen molar-refractivity contribution in [2.24, 2.45) is 0 Å². The van der Waals surface area contributed by atoms with E-state index in [2.05, 4.69) is 4.98 Å². The molecule has 0 bridgehead atoms. The van der Waals surface area contributed by atoms with Gasteiger partial charge in [0.05, 0.1) is 5.56 Å². The van der Waals surface area contributed by atoms with E-state index in [0.29, 0.717) is 16.7 Å². The molecule has 0 fully saturated rings. The predicted molar refractivity (Wildman–Crippen MR) is 112 cm³/mol. The van der Waals surface area contributed by atoms with Crippen molar-refractivity contribution >= 4 is 11.6 Å². The third-order valence-electron chi connectivity index (χ3n) is 4.70. The zero-order valence-corrected chi connectivity index (χ0v) is 16.4. The Labute approximate surface area is 171 Å². The SMILES string of the molecule is CN(C)c1cccc(C(=O)n2oc(=O)c(-c3ccc(F)cc3)c2-c2ccncc2)c1. The van der Waals surface area contributed by atoms with Gasteiger partial charge in [-0.3, -0.25) is 9.78 Å². The van der Waals surface area contributed by atoms with Crippen molar-refractivity contribution in [2.75, 3.05) is 19.0 Å². The number of benzene rings is 2. The fourth-order valence-electron chi connectivity index (χ4n) is 3.19. The van der Waals surface area contributed by atoms with Gasteiger partial charge in [0.25, 0.3) is 5.91 Å². The maximum absolute atomic E-state index is 13.4. The van der Waals surface area contributed by atoms with E-state index in [1.54, 1.807) is 42.7 Å². The zero-order chi connectivity index (χ0) is 21.3. The smallest absolute Gasteiger partial charge is 0.366 e. The molecule has 0 atom stereocenters. The summed E-state index contributed by atoms with van der Waals surface area (Å²) in [5, 5.41) is 0. The van der Waals surface area contributed by atoms with Gasteiger partial charge in [-0.2, -0.15) is 0 Å². The van der Waals surface area contributed by atoms with Crippen molar-refractivity contribution in [3.8, 4) is 22.4 Å². The molecule has 0 saturated carbocycles. The van der Waals surface area contributed by atoms with Crippen LogP contribution in [0.1, 0.15) is 10.4 Å². The van der Waals surface area contributed by atoms with Crippen LogP contribution in [0.25, 0.3) is 22.4 Å². The van der Waals surface area contributed by atoms with Crippen LogP contribution in [0.4, 0.5) is 10.1 Å². The Morgan fingerprint density at radius 1 is 1.00 bits per heavy atom. The number of nitrogens with zero attached hydrogens (tertiary/aromatic N) is 3. The van der Waals surface area contributed by atoms with Crippen molar-refractivity contribution in [3.63, 3.8) is 0 Å². The monoisotopic (exact) mass is 403 g/mol. The van der Waals surface area contributed by atoms with Gasteiger partial charge in [-0.1, -0.05) is 18.2 Å². The van der Waals surface area contributed by atoms with Gasteiger partial charge >= 0.3 is 5.63 Å². The Bertz CT molecular complexity index is 1260. The molecule has 7 heteroatoms. The molecule has 0 aliphatic carbocycles. The van der Waals surface area contributed by atoms with Crippen molar-refractivity contribution in [1.82, 2.24) is 9.72 Å². The number of rotatable bonds is 4. The maximum atomic E-state index is 13.4. The summed E-state index contributed by atoms with van der Waals surface area (Å²) in [5.74, 6) is -0.916. The Balaban J connectivity index is 1.94. The minimum Gasteiger partial charge on any atom is -0.378 e. The summed E-state index contributed by atoms with van der Waals surface area (Å²) in [6, 6.07) is 15.8. The summed E-state index contributed by atoms with van der Waals surface area (Å²) in [6.45, 7) is 0. The molecule has 4 rings (SSSR count). The molecule has 0 aliphatic heterocycles. The van der Waals surface area contributed by atoms with Gasteiger partial charge < -0.3 is 9.42 Å². The minimum absolute atomic E-state index is 0.179. The molecular formula is C23H18FN3O3. The van der Waals surface area contributed by atoms with Gasteiger partial charge in [-0.25, -0.2) is 9.18 Å². The van der Waals surface area contributed by atoms with Crippen LogP contribution in [0.2, 0.25) is 0 Å². The van der Waals surface area contributed by atoms with E-state index in [-0.39, 0.29) is 11.3 Å². The topological polar surface area (TPSA) is 68.3 Å². The largest absolute Gasteiger partial charge is 0.378 e. The lowest BCUT2D eigenvalue weighted by Gasteiger charge is -2.13. The number of pyridine rings is 1. The number of carbonyl (C=O) groups excluding carboxylic acids is 1. The molecule has 0 saturated heterocycles. The standard InChI is InChI=1S/C23H18FN3O3/c1-26(2)19-5-3-4-17(14-19)22(28)27-21(16-10-12-25-13-11-16)20(23(29)30-27)15-6-8-18(24)9-7-15/h3-14H,1-2H3. The van der Waals surface area contributed by atoms with Gasteiger partial charge in [-0.15, -0.1) is 4.74 Å². The Kier molecular flexibility index (Phi) is 5.02. The normalized spacial score (nSPS) is 10.8. The van der Waals surface area contributed by atoms with Crippen LogP contribution in [-0.2, 0) is 0 Å². The van der Waals surface area contributed by atoms with Crippen molar-refractivity contribution in [2.45, 2.75) is 0 Å². The van der Waals surface area contributed by atoms with E-state index in [9.17, 15) is 14.0 Å². The van der Waals surface area contributed by atoms with E-state index in [1.165, 1.54) is 24.3 Å². The van der Waals surface area contributed by atoms with E-state index < -0.39 is 17.3 Å². The van der Waals surface area contributed by atoms with Crippen LogP contribution in [-0.4, -0.2) is 29.7 Å². The van der Waals surface area contributed by atoms with Crippen molar-refractivity contribution < 1.29 is 13.7 Å². The van der Waals surface area contributed by atoms with E-state index in [0.717, 1.165) is 10.4 Å². The Hall–Kier alpha value is -4.00. The maximum Gasteiger partial charge on any atom is 0.366 e. The molecule has 0 N–H and O–H groups in total. The van der Waals surface area contributed by atoms with Gasteiger partial charge in [-0.05, 0) is 48.0 Å². The summed E-state index contributed by atoms with van der Waals surface area (Å²) >= 11 is 0. The van der Waals surface area contributed by atoms with E-state index in [1.807, 2.05) is 25.1 Å². The fraction of sp³-hybridized carbons (Fsp3) is 0.0870. The molecule has 6 nitrogen and oxygen atoms in total. The summed E-state index contributed by atoms with van der Waals surface area (Å²) < 4.78 is 19.8. The Morgan fingerprint density at radius 3 is 2.37 bits per heavy atom. The third kappa shape index (κ3) is 3.53. The molecule has 30 heavy (non-hydrogen) atoms. The van der Waals surface area contributed by atoms with Crippen molar-refractivity contribution in [3.05, 3.63) is 94.9 Å². The lowest BCUT2D eigenvalue weighted by atomic mass is 10.0. The first-order chi connectivity index (χ1) is 14.5. The van der Waals surface area contributed by atoms with Crippen LogP contribution < -0.4 is 10.5 Å². The molecule has 2 heterocycles. The van der Waals surface area contributed by atoms with Gasteiger partial charge in [0.15, 0.2) is 0 Å². The quantitative estimate of drug-likeness (QED) is 0.514. The molecule has 0 radical (unpaired) electrons. The molecule has 2 aromatic heterocycles. The molecule has 150 valence electrons. The van der Waals surface area contributed by atoms with Gasteiger partial charge in [0, 0.05) is 43.3 Å². The van der Waals surface area contributed by atoms with Crippen LogP contribution in [0.3, 0.4) is 0 Å². The number of hydrogen-bond acceptors (Lipinski definition) is 5. The first-order valence-corrected chi connectivity index (χ1v) is 9.20. The molecular weight excluding hydrogens is 385 g/mol. The molecule has 0 unspecified atom stereocenters. The second-order valence-electron chi connectivity index (χ2n) is 6.89. The van der Waals surface area contributed by atoms with Crippen LogP contribution in [0, 0.1) is 5.82 Å². The fourth-order valence-corrected chi connectivity index (χ4v) is 3.19. The van der Waals surface area contributed by atoms with Gasteiger partial charge in [0.2, 0.25) is 0 Å². The number of carbonyl (C=O) groups is 1. The van der Waals surface area contributed by atoms with Crippen LogP contribution >= 0.6 is 0 Å². The second kappa shape index (κ2) is 7.79.